The highest BCUT2D eigenvalue weighted by molar-refractivity contribution is 7.99. The molecule has 0 aromatic heterocycles. The fourth-order valence-electron chi connectivity index (χ4n) is 2.27. The van der Waals surface area contributed by atoms with Crippen molar-refractivity contribution in [3.63, 3.8) is 0 Å². The van der Waals surface area contributed by atoms with E-state index in [4.69, 9.17) is 4.74 Å². The summed E-state index contributed by atoms with van der Waals surface area (Å²) in [6.45, 7) is 4.23. The largest absolute Gasteiger partial charge is 0.496 e. The lowest BCUT2D eigenvalue weighted by molar-refractivity contribution is 0.404. The second-order valence-corrected chi connectivity index (χ2v) is 6.30. The summed E-state index contributed by atoms with van der Waals surface area (Å²) in [5, 5.41) is 3.40. The lowest BCUT2D eigenvalue weighted by atomic mass is 10.0. The number of methoxy groups -OCH3 is 1. The first-order valence-corrected chi connectivity index (χ1v) is 8.14. The average Bonchev–Trinajstić information content (AvgIpc) is 2.50. The van der Waals surface area contributed by atoms with E-state index in [9.17, 15) is 0 Å². The second-order valence-electron chi connectivity index (χ2n) is 5.21. The fraction of sp³-hybridized carbons (Fsp3) is 0.333. The maximum atomic E-state index is 5.50. The minimum absolute atomic E-state index is 0.270. The summed E-state index contributed by atoms with van der Waals surface area (Å²) in [4.78, 5) is 1.30. The summed E-state index contributed by atoms with van der Waals surface area (Å²) < 4.78 is 5.50. The Morgan fingerprint density at radius 1 is 1.05 bits per heavy atom. The van der Waals surface area contributed by atoms with Crippen LogP contribution in [-0.2, 0) is 0 Å². The van der Waals surface area contributed by atoms with E-state index >= 15 is 0 Å². The molecule has 0 fully saturated rings. The van der Waals surface area contributed by atoms with Crippen molar-refractivity contribution in [1.82, 2.24) is 5.32 Å². The van der Waals surface area contributed by atoms with Gasteiger partial charge in [-0.25, -0.2) is 0 Å². The highest BCUT2D eigenvalue weighted by Gasteiger charge is 2.15. The molecule has 0 saturated heterocycles. The second kappa shape index (κ2) is 7.53. The van der Waals surface area contributed by atoms with Crippen molar-refractivity contribution in [1.29, 1.82) is 0 Å². The third-order valence-corrected chi connectivity index (χ3v) is 4.65. The minimum atomic E-state index is 0.270. The van der Waals surface area contributed by atoms with E-state index in [2.05, 4.69) is 55.6 Å². The lowest BCUT2D eigenvalue weighted by Gasteiger charge is -2.19. The molecule has 2 aromatic carbocycles. The zero-order valence-electron chi connectivity index (χ0n) is 13.1. The summed E-state index contributed by atoms with van der Waals surface area (Å²) in [5.41, 5.74) is 3.77. The molecule has 1 N–H and O–H groups in total. The van der Waals surface area contributed by atoms with Crippen molar-refractivity contribution < 1.29 is 4.74 Å². The summed E-state index contributed by atoms with van der Waals surface area (Å²) in [6.07, 6.45) is 0. The van der Waals surface area contributed by atoms with Gasteiger partial charge < -0.3 is 10.1 Å². The standard InChI is InChI=1S/C18H23NOS/c1-13-5-8-15(9-6-13)21-12-17(19-3)16-11-14(2)7-10-18(16)20-4/h5-11,17,19H,12H2,1-4H3. The molecule has 0 aliphatic heterocycles. The van der Waals surface area contributed by atoms with Crippen LogP contribution in [0.5, 0.6) is 5.75 Å². The van der Waals surface area contributed by atoms with Gasteiger partial charge in [-0.15, -0.1) is 11.8 Å². The normalized spacial score (nSPS) is 12.2. The number of aryl methyl sites for hydroxylation is 2. The molecule has 0 amide bonds. The van der Waals surface area contributed by atoms with E-state index in [0.29, 0.717) is 0 Å². The van der Waals surface area contributed by atoms with Gasteiger partial charge in [-0.1, -0.05) is 35.4 Å². The summed E-state index contributed by atoms with van der Waals surface area (Å²) in [7, 11) is 3.73. The van der Waals surface area contributed by atoms with Gasteiger partial charge in [-0.3, -0.25) is 0 Å². The molecule has 1 unspecified atom stereocenters. The predicted molar refractivity (Wildman–Crippen MR) is 91.4 cm³/mol. The first kappa shape index (κ1) is 15.9. The molecule has 0 saturated carbocycles. The number of ether oxygens (including phenoxy) is 1. The van der Waals surface area contributed by atoms with E-state index < -0.39 is 0 Å². The van der Waals surface area contributed by atoms with Gasteiger partial charge in [0, 0.05) is 22.3 Å². The molecule has 3 heteroatoms. The summed E-state index contributed by atoms with van der Waals surface area (Å²) >= 11 is 1.86. The van der Waals surface area contributed by atoms with Crippen LogP contribution >= 0.6 is 11.8 Å². The smallest absolute Gasteiger partial charge is 0.123 e. The number of hydrogen-bond donors (Lipinski definition) is 1. The summed E-state index contributed by atoms with van der Waals surface area (Å²) in [5.74, 6) is 1.92. The number of hydrogen-bond acceptors (Lipinski definition) is 3. The zero-order chi connectivity index (χ0) is 15.2. The van der Waals surface area contributed by atoms with Crippen molar-refractivity contribution in [2.24, 2.45) is 0 Å². The molecule has 0 heterocycles. The molecule has 2 rings (SSSR count). The van der Waals surface area contributed by atoms with Crippen molar-refractivity contribution >= 4 is 11.8 Å². The Morgan fingerprint density at radius 2 is 1.71 bits per heavy atom. The Balaban J connectivity index is 2.12. The predicted octanol–water partition coefficient (Wildman–Crippen LogP) is 4.36. The molecule has 112 valence electrons. The first-order valence-electron chi connectivity index (χ1n) is 7.15. The van der Waals surface area contributed by atoms with Gasteiger partial charge in [0.1, 0.15) is 5.75 Å². The van der Waals surface area contributed by atoms with Crippen LogP contribution in [0.2, 0.25) is 0 Å². The molecule has 2 aromatic rings. The number of thioether (sulfide) groups is 1. The highest BCUT2D eigenvalue weighted by atomic mass is 32.2. The van der Waals surface area contributed by atoms with Crippen LogP contribution in [-0.4, -0.2) is 19.9 Å². The van der Waals surface area contributed by atoms with Crippen LogP contribution < -0.4 is 10.1 Å². The molecule has 21 heavy (non-hydrogen) atoms. The molecule has 0 aliphatic carbocycles. The molecule has 1 atom stereocenters. The van der Waals surface area contributed by atoms with Crippen LogP contribution in [0.4, 0.5) is 0 Å². The van der Waals surface area contributed by atoms with Gasteiger partial charge in [-0.2, -0.15) is 0 Å². The van der Waals surface area contributed by atoms with Crippen molar-refractivity contribution in [3.8, 4) is 5.75 Å². The van der Waals surface area contributed by atoms with Gasteiger partial charge in [0.2, 0.25) is 0 Å². The maximum absolute atomic E-state index is 5.50. The minimum Gasteiger partial charge on any atom is -0.496 e. The first-order chi connectivity index (χ1) is 10.1. The average molecular weight is 301 g/mol. The van der Waals surface area contributed by atoms with E-state index in [1.165, 1.54) is 21.6 Å². The van der Waals surface area contributed by atoms with Crippen LogP contribution in [0.15, 0.2) is 47.4 Å². The molecular formula is C18H23NOS. The monoisotopic (exact) mass is 301 g/mol. The van der Waals surface area contributed by atoms with Crippen LogP contribution in [0.3, 0.4) is 0 Å². The molecule has 0 spiro atoms. The third kappa shape index (κ3) is 4.26. The number of nitrogens with one attached hydrogen (secondary N) is 1. The zero-order valence-corrected chi connectivity index (χ0v) is 14.0. The van der Waals surface area contributed by atoms with E-state index in [1.807, 2.05) is 24.9 Å². The van der Waals surface area contributed by atoms with Crippen LogP contribution in [0.25, 0.3) is 0 Å². The molecule has 0 radical (unpaired) electrons. The Kier molecular flexibility index (Phi) is 5.71. The van der Waals surface area contributed by atoms with Gasteiger partial charge in [0.15, 0.2) is 0 Å². The molecular weight excluding hydrogens is 278 g/mol. The van der Waals surface area contributed by atoms with E-state index in [1.54, 1.807) is 7.11 Å². The van der Waals surface area contributed by atoms with Gasteiger partial charge in [0.25, 0.3) is 0 Å². The topological polar surface area (TPSA) is 21.3 Å². The number of rotatable bonds is 6. The van der Waals surface area contributed by atoms with Crippen molar-refractivity contribution in [3.05, 3.63) is 59.2 Å². The lowest BCUT2D eigenvalue weighted by Crippen LogP contribution is -2.19. The molecule has 0 bridgehead atoms. The third-order valence-electron chi connectivity index (χ3n) is 3.55. The maximum Gasteiger partial charge on any atom is 0.123 e. The van der Waals surface area contributed by atoms with Crippen LogP contribution in [0, 0.1) is 13.8 Å². The number of benzene rings is 2. The molecule has 2 nitrogen and oxygen atoms in total. The Labute approximate surface area is 131 Å². The van der Waals surface area contributed by atoms with E-state index in [0.717, 1.165) is 11.5 Å². The van der Waals surface area contributed by atoms with Crippen molar-refractivity contribution in [2.75, 3.05) is 19.9 Å². The molecule has 0 aliphatic rings. The SMILES string of the molecule is CNC(CSc1ccc(C)cc1)c1cc(C)ccc1OC. The highest BCUT2D eigenvalue weighted by Crippen LogP contribution is 2.30. The fourth-order valence-corrected chi connectivity index (χ4v) is 3.30. The quantitative estimate of drug-likeness (QED) is 0.801. The van der Waals surface area contributed by atoms with Gasteiger partial charge in [-0.05, 0) is 39.1 Å². The van der Waals surface area contributed by atoms with E-state index in [-0.39, 0.29) is 6.04 Å². The summed E-state index contributed by atoms with van der Waals surface area (Å²) in [6, 6.07) is 15.3. The van der Waals surface area contributed by atoms with Crippen LogP contribution in [0.1, 0.15) is 22.7 Å². The van der Waals surface area contributed by atoms with Gasteiger partial charge in [0.05, 0.1) is 7.11 Å². The van der Waals surface area contributed by atoms with Gasteiger partial charge >= 0.3 is 0 Å². The van der Waals surface area contributed by atoms with Crippen molar-refractivity contribution in [2.45, 2.75) is 24.8 Å². The Morgan fingerprint density at radius 3 is 2.33 bits per heavy atom. The Hall–Kier alpha value is -1.45. The Bertz CT molecular complexity index is 580.